The first-order chi connectivity index (χ1) is 17.8. The highest BCUT2D eigenvalue weighted by Gasteiger charge is 2.20. The van der Waals surface area contributed by atoms with Gasteiger partial charge in [-0.15, -0.1) is 0 Å². The van der Waals surface area contributed by atoms with Crippen LogP contribution in [0.4, 0.5) is 14.5 Å². The van der Waals surface area contributed by atoms with Crippen LogP contribution in [0.1, 0.15) is 16.8 Å². The van der Waals surface area contributed by atoms with Gasteiger partial charge >= 0.3 is 0 Å². The lowest BCUT2D eigenvalue weighted by atomic mass is 10.0. The lowest BCUT2D eigenvalue weighted by molar-refractivity contribution is 0.402. The van der Waals surface area contributed by atoms with Gasteiger partial charge in [-0.3, -0.25) is 15.1 Å². The number of H-pyrrole nitrogens is 1. The largest absolute Gasteiger partial charge is 0.354 e. The van der Waals surface area contributed by atoms with Crippen molar-refractivity contribution in [2.45, 2.75) is 13.5 Å². The van der Waals surface area contributed by atoms with E-state index in [1.807, 2.05) is 32.0 Å². The molecule has 186 valence electrons. The summed E-state index contributed by atoms with van der Waals surface area (Å²) in [5.74, 6) is -0.836. The number of benzene rings is 1. The molecule has 0 radical (unpaired) electrons. The Morgan fingerprint density at radius 3 is 2.65 bits per heavy atom. The van der Waals surface area contributed by atoms with E-state index in [4.69, 9.17) is 0 Å². The molecule has 37 heavy (non-hydrogen) atoms. The van der Waals surface area contributed by atoms with Crippen molar-refractivity contribution in [2.75, 3.05) is 19.4 Å². The Labute approximate surface area is 212 Å². The number of rotatable bonds is 7. The van der Waals surface area contributed by atoms with E-state index in [9.17, 15) is 4.39 Å². The molecule has 4 aromatic heterocycles. The molecule has 5 rings (SSSR count). The summed E-state index contributed by atoms with van der Waals surface area (Å²) in [6.45, 7) is 6.62. The van der Waals surface area contributed by atoms with Gasteiger partial charge in [-0.25, -0.2) is 13.8 Å². The van der Waals surface area contributed by atoms with E-state index >= 15 is 4.39 Å². The molecule has 0 aliphatic carbocycles. The molecule has 0 aliphatic rings. The van der Waals surface area contributed by atoms with Crippen molar-refractivity contribution >= 4 is 22.4 Å². The number of nitrogens with zero attached hydrogens (tertiary/aromatic N) is 5. The molecule has 0 fully saturated rings. The van der Waals surface area contributed by atoms with Crippen molar-refractivity contribution in [3.8, 4) is 22.4 Å². The van der Waals surface area contributed by atoms with E-state index in [-0.39, 0.29) is 16.9 Å². The molecule has 0 bridgehead atoms. The number of hydrogen-bond donors (Lipinski definition) is 2. The number of fused-ring (bicyclic) bond motifs is 1. The van der Waals surface area contributed by atoms with Crippen LogP contribution < -0.4 is 5.32 Å². The second-order valence-electron chi connectivity index (χ2n) is 9.02. The lowest BCUT2D eigenvalue weighted by Crippen LogP contribution is -2.10. The van der Waals surface area contributed by atoms with Crippen molar-refractivity contribution < 1.29 is 8.78 Å². The maximum atomic E-state index is 15.9. The van der Waals surface area contributed by atoms with Crippen LogP contribution in [0.2, 0.25) is 0 Å². The lowest BCUT2D eigenvalue weighted by Gasteiger charge is -2.15. The molecular formula is C28H25F2N7. The molecule has 0 spiro atoms. The number of pyridine rings is 3. The van der Waals surface area contributed by atoms with Gasteiger partial charge in [0.05, 0.1) is 22.5 Å². The van der Waals surface area contributed by atoms with E-state index in [1.165, 1.54) is 12.3 Å². The summed E-state index contributed by atoms with van der Waals surface area (Å²) in [5, 5.41) is 10.5. The third-order valence-corrected chi connectivity index (χ3v) is 6.04. The third kappa shape index (κ3) is 4.68. The number of halogens is 2. The zero-order valence-corrected chi connectivity index (χ0v) is 20.7. The van der Waals surface area contributed by atoms with Crippen LogP contribution in [0.3, 0.4) is 0 Å². The Morgan fingerprint density at radius 1 is 1.05 bits per heavy atom. The Morgan fingerprint density at radius 2 is 1.86 bits per heavy atom. The van der Waals surface area contributed by atoms with E-state index in [2.05, 4.69) is 37.0 Å². The first-order valence-corrected chi connectivity index (χ1v) is 11.6. The number of anilines is 1. The Bertz CT molecular complexity index is 1620. The Kier molecular flexibility index (Phi) is 6.45. The second-order valence-corrected chi connectivity index (χ2v) is 9.02. The van der Waals surface area contributed by atoms with Crippen molar-refractivity contribution in [2.24, 2.45) is 0 Å². The van der Waals surface area contributed by atoms with Crippen molar-refractivity contribution in [3.05, 3.63) is 96.2 Å². The highest BCUT2D eigenvalue weighted by molar-refractivity contribution is 5.94. The third-order valence-electron chi connectivity index (χ3n) is 6.04. The monoisotopic (exact) mass is 497 g/mol. The van der Waals surface area contributed by atoms with Gasteiger partial charge in [0.25, 0.3) is 0 Å². The van der Waals surface area contributed by atoms with Crippen LogP contribution in [0.15, 0.2) is 67.8 Å². The molecule has 9 heteroatoms. The second kappa shape index (κ2) is 9.87. The minimum Gasteiger partial charge on any atom is -0.354 e. The molecule has 0 unspecified atom stereocenters. The first-order valence-electron chi connectivity index (χ1n) is 11.6. The van der Waals surface area contributed by atoms with Gasteiger partial charge in [0.2, 0.25) is 0 Å². The van der Waals surface area contributed by atoms with Gasteiger partial charge in [-0.1, -0.05) is 18.7 Å². The van der Waals surface area contributed by atoms with Crippen molar-refractivity contribution in [1.82, 2.24) is 30.0 Å². The number of aromatic amines is 1. The van der Waals surface area contributed by atoms with Crippen LogP contribution >= 0.6 is 0 Å². The zero-order chi connectivity index (χ0) is 26.1. The van der Waals surface area contributed by atoms with E-state index in [1.54, 1.807) is 42.9 Å². The minimum absolute atomic E-state index is 0.217. The normalized spacial score (nSPS) is 11.3. The molecule has 0 saturated heterocycles. The van der Waals surface area contributed by atoms with Crippen LogP contribution in [0.25, 0.3) is 39.1 Å². The van der Waals surface area contributed by atoms with Gasteiger partial charge in [0.15, 0.2) is 5.65 Å². The summed E-state index contributed by atoms with van der Waals surface area (Å²) in [4.78, 5) is 15.0. The minimum atomic E-state index is -0.473. The average molecular weight is 498 g/mol. The predicted molar refractivity (Wildman–Crippen MR) is 141 cm³/mol. The van der Waals surface area contributed by atoms with E-state index in [0.29, 0.717) is 46.0 Å². The molecule has 7 nitrogen and oxygen atoms in total. The first kappa shape index (κ1) is 24.2. The highest BCUT2D eigenvalue weighted by Crippen LogP contribution is 2.33. The van der Waals surface area contributed by atoms with Crippen LogP contribution in [-0.2, 0) is 6.54 Å². The molecule has 0 saturated carbocycles. The molecular weight excluding hydrogens is 472 g/mol. The van der Waals surface area contributed by atoms with Gasteiger partial charge in [0.1, 0.15) is 11.6 Å². The molecule has 5 aromatic rings. The molecule has 1 aromatic carbocycles. The SMILES string of the molecule is C=C(Nc1ccnc(-c2ccccc2F)c1C)c1[nH]nc2ncc(-c3cncc(CN(C)C)c3)c(F)c12. The summed E-state index contributed by atoms with van der Waals surface area (Å²) in [5.41, 5.74) is 5.16. The Balaban J connectivity index is 1.51. The number of nitrogens with one attached hydrogen (secondary N) is 2. The standard InChI is InChI=1S/C28H25F2N7/c1-16-23(9-10-32-26(16)20-7-5-6-8-22(20)29)34-17(2)27-24-25(30)21(14-33-28(24)36-35-27)19-11-18(12-31-13-19)15-37(3)4/h5-14H,2,15H2,1,3-4H3,(H,32,34)(H,33,35,36). The number of aromatic nitrogens is 5. The van der Waals surface area contributed by atoms with E-state index in [0.717, 1.165) is 11.1 Å². The molecule has 2 N–H and O–H groups in total. The molecule has 4 heterocycles. The number of hydrogen-bond acceptors (Lipinski definition) is 6. The summed E-state index contributed by atoms with van der Waals surface area (Å²) in [6, 6.07) is 10.1. The average Bonchev–Trinajstić information content (AvgIpc) is 3.31. The van der Waals surface area contributed by atoms with Gasteiger partial charge < -0.3 is 10.2 Å². The zero-order valence-electron chi connectivity index (χ0n) is 20.7. The Hall–Kier alpha value is -4.50. The van der Waals surface area contributed by atoms with Crippen LogP contribution in [0.5, 0.6) is 0 Å². The summed E-state index contributed by atoms with van der Waals surface area (Å²) < 4.78 is 30.3. The topological polar surface area (TPSA) is 82.6 Å². The van der Waals surface area contributed by atoms with Crippen molar-refractivity contribution in [1.29, 1.82) is 0 Å². The van der Waals surface area contributed by atoms with Gasteiger partial charge in [-0.2, -0.15) is 5.10 Å². The molecule has 0 amide bonds. The summed E-state index contributed by atoms with van der Waals surface area (Å²) >= 11 is 0. The fraction of sp³-hybridized carbons (Fsp3) is 0.143. The maximum absolute atomic E-state index is 15.9. The van der Waals surface area contributed by atoms with Crippen LogP contribution in [0, 0.1) is 18.6 Å². The van der Waals surface area contributed by atoms with Crippen LogP contribution in [-0.4, -0.2) is 44.1 Å². The molecule has 0 aliphatic heterocycles. The summed E-state index contributed by atoms with van der Waals surface area (Å²) in [6.07, 6.45) is 6.42. The predicted octanol–water partition coefficient (Wildman–Crippen LogP) is 5.81. The molecule has 0 atom stereocenters. The van der Waals surface area contributed by atoms with Crippen molar-refractivity contribution in [3.63, 3.8) is 0 Å². The quantitative estimate of drug-likeness (QED) is 0.295. The summed E-state index contributed by atoms with van der Waals surface area (Å²) in [7, 11) is 3.92. The maximum Gasteiger partial charge on any atom is 0.184 e. The van der Waals surface area contributed by atoms with E-state index < -0.39 is 5.82 Å². The van der Waals surface area contributed by atoms with Gasteiger partial charge in [0, 0.05) is 53.7 Å². The highest BCUT2D eigenvalue weighted by atomic mass is 19.1. The van der Waals surface area contributed by atoms with Gasteiger partial charge in [-0.05, 0) is 56.4 Å². The smallest absolute Gasteiger partial charge is 0.184 e. The fourth-order valence-corrected chi connectivity index (χ4v) is 4.28. The fourth-order valence-electron chi connectivity index (χ4n) is 4.28.